The highest BCUT2D eigenvalue weighted by Gasteiger charge is 2.45. The Labute approximate surface area is 457 Å². The maximum absolute atomic E-state index is 12.7. The molecule has 0 spiro atoms. The van der Waals surface area contributed by atoms with E-state index in [1.165, 1.54) is 31.8 Å². The van der Waals surface area contributed by atoms with Crippen LogP contribution in [0.4, 0.5) is 11.4 Å². The number of hydrogen-bond acceptors (Lipinski definition) is 4. The van der Waals surface area contributed by atoms with Crippen LogP contribution < -0.4 is 4.90 Å². The lowest BCUT2D eigenvalue weighted by molar-refractivity contribution is 0.744. The van der Waals surface area contributed by atoms with Gasteiger partial charge in [0, 0.05) is 53.7 Å². The van der Waals surface area contributed by atoms with E-state index in [1.807, 2.05) is 11.3 Å². The first-order valence-corrected chi connectivity index (χ1v) is 27.6. The average molecular weight is 1020 g/mol. The summed E-state index contributed by atoms with van der Waals surface area (Å²) in [6.45, 7) is 0. The Morgan fingerprint density at radius 3 is 1.30 bits per heavy atom. The Hall–Kier alpha value is -10.4. The molecule has 15 aromatic rings. The second-order valence-electron chi connectivity index (χ2n) is 20.8. The third-order valence-corrected chi connectivity index (χ3v) is 18.2. The molecule has 0 amide bonds. The fourth-order valence-electron chi connectivity index (χ4n) is 13.8. The number of allylic oxidation sites excluding steroid dienone is 2. The van der Waals surface area contributed by atoms with E-state index >= 15 is 0 Å². The first kappa shape index (κ1) is 43.8. The van der Waals surface area contributed by atoms with Crippen molar-refractivity contribution < 1.29 is 0 Å². The molecule has 11 aromatic carbocycles. The lowest BCUT2D eigenvalue weighted by atomic mass is 9.85. The molecule has 0 saturated carbocycles. The highest BCUT2D eigenvalue weighted by atomic mass is 32.1. The van der Waals surface area contributed by atoms with Gasteiger partial charge in [-0.25, -0.2) is 0 Å². The number of hydrogen-bond donors (Lipinski definition) is 0. The van der Waals surface area contributed by atoms with E-state index in [0.717, 1.165) is 92.6 Å². The monoisotopic (exact) mass is 1020 g/mol. The minimum Gasteiger partial charge on any atom is -0.329 e. The Bertz CT molecular complexity index is 5020. The number of aromatic nitrogens is 3. The number of thiophene rings is 1. The van der Waals surface area contributed by atoms with Gasteiger partial charge in [-0.15, -0.1) is 11.3 Å². The lowest BCUT2D eigenvalue weighted by Crippen LogP contribution is -2.32. The first-order chi connectivity index (χ1) is 39.2. The highest BCUT2D eigenvalue weighted by Crippen LogP contribution is 2.59. The summed E-state index contributed by atoms with van der Waals surface area (Å²) in [7, 11) is 0. The molecular weight excluding hydrogens is 981 g/mol. The summed E-state index contributed by atoms with van der Waals surface area (Å²) >= 11 is 1.82. The van der Waals surface area contributed by atoms with Crippen LogP contribution in [0.2, 0.25) is 0 Å². The number of benzene rings is 11. The van der Waals surface area contributed by atoms with Crippen molar-refractivity contribution in [3.05, 3.63) is 265 Å². The molecule has 0 bridgehead atoms. The van der Waals surface area contributed by atoms with Crippen LogP contribution in [-0.4, -0.2) is 19.7 Å². The normalized spacial score (nSPS) is 15.1. The smallest absolute Gasteiger partial charge is 0.104 e. The van der Waals surface area contributed by atoms with Gasteiger partial charge < -0.3 is 18.6 Å². The summed E-state index contributed by atoms with van der Waals surface area (Å²) in [5.41, 5.74) is 13.7. The van der Waals surface area contributed by atoms with Crippen LogP contribution >= 0.6 is 11.3 Å². The van der Waals surface area contributed by atoms with E-state index < -0.39 is 0 Å². The van der Waals surface area contributed by atoms with Crippen LogP contribution in [0.1, 0.15) is 28.2 Å². The first-order valence-electron chi connectivity index (χ1n) is 26.8. The molecule has 2 unspecified atom stereocenters. The lowest BCUT2D eigenvalue weighted by Gasteiger charge is -2.36. The zero-order valence-corrected chi connectivity index (χ0v) is 43.2. The maximum atomic E-state index is 12.7. The molecule has 0 fully saturated rings. The molecule has 6 nitrogen and oxygen atoms in total. The molecule has 1 aliphatic heterocycles. The van der Waals surface area contributed by atoms with Crippen LogP contribution in [-0.2, 0) is 0 Å². The van der Waals surface area contributed by atoms with Gasteiger partial charge in [0.2, 0.25) is 0 Å². The largest absolute Gasteiger partial charge is 0.329 e. The fourth-order valence-corrected chi connectivity index (χ4v) is 15.1. The summed E-state index contributed by atoms with van der Waals surface area (Å²) in [5.74, 6) is -0.103. The minimum absolute atomic E-state index is 0.103. The van der Waals surface area contributed by atoms with Crippen molar-refractivity contribution in [1.82, 2.24) is 13.7 Å². The van der Waals surface area contributed by atoms with Gasteiger partial charge >= 0.3 is 0 Å². The Balaban J connectivity index is 1.15. The van der Waals surface area contributed by atoms with Crippen molar-refractivity contribution in [2.45, 2.75) is 12.0 Å². The van der Waals surface area contributed by atoms with Crippen LogP contribution in [0.5, 0.6) is 0 Å². The molecule has 1 aliphatic carbocycles. The summed E-state index contributed by atoms with van der Waals surface area (Å²) in [4.78, 5) is 2.57. The van der Waals surface area contributed by atoms with Crippen LogP contribution in [0, 0.1) is 22.7 Å². The van der Waals surface area contributed by atoms with E-state index in [-0.39, 0.29) is 12.0 Å². The number of nitriles is 2. The standard InChI is InChI=1S/C72H42N6S/c73-41-57-67(75-59-29-10-3-21-47(59)48-22-4-11-30-60(48)75)58(42-74)69(77-63-33-14-7-25-51(63)52-26-8-15-34-64(52)77)71(68(57)76-61-31-12-5-23-49(61)50-24-6-13-32-62(50)76)78-65-40-44(46-28-17-19-43-18-1-2-20-45(43)46)36-37-53(65)55-38-39-56-54-27-9-16-35-66(54)79-72(56)70(55)78/h1-40,53,65H. The molecule has 2 atom stereocenters. The van der Waals surface area contributed by atoms with Gasteiger partial charge in [0.25, 0.3) is 0 Å². The van der Waals surface area contributed by atoms with Gasteiger partial charge in [-0.05, 0) is 69.9 Å². The van der Waals surface area contributed by atoms with Gasteiger partial charge in [0.1, 0.15) is 23.3 Å². The summed E-state index contributed by atoms with van der Waals surface area (Å²) in [6.07, 6.45) is 7.19. The van der Waals surface area contributed by atoms with Crippen molar-refractivity contribution in [2.75, 3.05) is 4.90 Å². The van der Waals surface area contributed by atoms with Gasteiger partial charge in [-0.1, -0.05) is 200 Å². The Kier molecular flexibility index (Phi) is 9.16. The van der Waals surface area contributed by atoms with Gasteiger partial charge in [-0.3, -0.25) is 0 Å². The molecule has 7 heteroatoms. The molecule has 0 saturated heterocycles. The average Bonchev–Trinajstić information content (AvgIpc) is 4.45. The van der Waals surface area contributed by atoms with Crippen LogP contribution in [0.15, 0.2) is 243 Å². The van der Waals surface area contributed by atoms with Gasteiger partial charge in [0.15, 0.2) is 0 Å². The second kappa shape index (κ2) is 16.5. The van der Waals surface area contributed by atoms with Crippen LogP contribution in [0.3, 0.4) is 0 Å². The van der Waals surface area contributed by atoms with Crippen molar-refractivity contribution in [2.24, 2.45) is 0 Å². The van der Waals surface area contributed by atoms with E-state index in [1.54, 1.807) is 0 Å². The predicted molar refractivity (Wildman–Crippen MR) is 328 cm³/mol. The molecular formula is C72H42N6S. The number of fused-ring (bicyclic) bond motifs is 17. The van der Waals surface area contributed by atoms with Gasteiger partial charge in [-0.2, -0.15) is 10.5 Å². The molecule has 366 valence electrons. The Morgan fingerprint density at radius 2 is 0.797 bits per heavy atom. The molecule has 0 N–H and O–H groups in total. The third-order valence-electron chi connectivity index (χ3n) is 17.0. The maximum Gasteiger partial charge on any atom is 0.104 e. The van der Waals surface area contributed by atoms with Crippen molar-refractivity contribution in [3.63, 3.8) is 0 Å². The van der Waals surface area contributed by atoms with E-state index in [9.17, 15) is 10.5 Å². The summed E-state index contributed by atoms with van der Waals surface area (Å²) in [6, 6.07) is 85.3. The Morgan fingerprint density at radius 1 is 0.367 bits per heavy atom. The molecule has 2 aliphatic rings. The topological polar surface area (TPSA) is 65.6 Å². The molecule has 4 aromatic heterocycles. The molecule has 0 radical (unpaired) electrons. The molecule has 5 heterocycles. The highest BCUT2D eigenvalue weighted by molar-refractivity contribution is 7.26. The van der Waals surface area contributed by atoms with Gasteiger partial charge in [0.05, 0.1) is 72.3 Å². The zero-order chi connectivity index (χ0) is 52.0. The van der Waals surface area contributed by atoms with E-state index in [2.05, 4.69) is 273 Å². The minimum atomic E-state index is -0.319. The number of para-hydroxylation sites is 6. The third kappa shape index (κ3) is 5.92. The zero-order valence-electron chi connectivity index (χ0n) is 42.3. The van der Waals surface area contributed by atoms with Crippen molar-refractivity contribution in [3.8, 4) is 29.2 Å². The number of anilines is 2. The van der Waals surface area contributed by atoms with Crippen molar-refractivity contribution >= 4 is 125 Å². The molecule has 79 heavy (non-hydrogen) atoms. The fraction of sp³-hybridized carbons (Fsp3) is 0.0278. The summed E-state index contributed by atoms with van der Waals surface area (Å²) in [5, 5.41) is 36.5. The second-order valence-corrected chi connectivity index (χ2v) is 21.9. The molecule has 17 rings (SSSR count). The summed E-state index contributed by atoms with van der Waals surface area (Å²) < 4.78 is 9.26. The predicted octanol–water partition coefficient (Wildman–Crippen LogP) is 18.5. The number of nitrogens with zero attached hydrogens (tertiary/aromatic N) is 6. The quantitative estimate of drug-likeness (QED) is 0.173. The van der Waals surface area contributed by atoms with E-state index in [0.29, 0.717) is 28.2 Å². The van der Waals surface area contributed by atoms with Crippen molar-refractivity contribution in [1.29, 1.82) is 10.5 Å². The SMILES string of the molecule is N#Cc1c(-n2c3ccccc3c3ccccc32)c(C#N)c(-n2c3ccccc3c3ccccc32)c(N2c3c(ccc4c3sc3ccccc34)C3C=CC(c4cccc5ccccc45)=CC32)c1-n1c2ccccc2c2ccccc21. The van der Waals surface area contributed by atoms with Crippen LogP contribution in [0.25, 0.3) is 119 Å². The van der Waals surface area contributed by atoms with E-state index in [4.69, 9.17) is 0 Å². The number of rotatable bonds is 5.